The van der Waals surface area contributed by atoms with Gasteiger partial charge in [0.25, 0.3) is 0 Å². The van der Waals surface area contributed by atoms with E-state index >= 15 is 0 Å². The molecule has 0 radical (unpaired) electrons. The maximum atomic E-state index is 6.20. The van der Waals surface area contributed by atoms with Gasteiger partial charge in [-0.15, -0.1) is 5.53 Å². The van der Waals surface area contributed by atoms with Crippen LogP contribution < -0.4 is 26.0 Å². The van der Waals surface area contributed by atoms with Gasteiger partial charge in [0.2, 0.25) is 5.96 Å². The largest absolute Gasteiger partial charge is 0.493 e. The van der Waals surface area contributed by atoms with Crippen LogP contribution in [0.5, 0.6) is 11.5 Å². The van der Waals surface area contributed by atoms with E-state index in [1.807, 2.05) is 17.1 Å². The zero-order valence-corrected chi connectivity index (χ0v) is 13.8. The number of hydrogen-bond acceptors (Lipinski definition) is 5. The highest BCUT2D eigenvalue weighted by atomic mass is 35.5. The molecule has 0 saturated carbocycles. The van der Waals surface area contributed by atoms with Gasteiger partial charge >= 0.3 is 0 Å². The number of benzene rings is 1. The summed E-state index contributed by atoms with van der Waals surface area (Å²) in [6, 6.07) is 3.71. The van der Waals surface area contributed by atoms with Crippen molar-refractivity contribution in [1.29, 1.82) is 0 Å². The average molecular weight is 328 g/mol. The summed E-state index contributed by atoms with van der Waals surface area (Å²) in [7, 11) is 3.15. The molecule has 1 aliphatic rings. The van der Waals surface area contributed by atoms with Crippen LogP contribution in [0.1, 0.15) is 25.3 Å². The molecule has 1 aromatic rings. The van der Waals surface area contributed by atoms with Gasteiger partial charge < -0.3 is 9.47 Å². The molecule has 0 aliphatic carbocycles. The van der Waals surface area contributed by atoms with Gasteiger partial charge in [-0.05, 0) is 24.1 Å². The Hall–Kier alpha value is -1.70. The van der Waals surface area contributed by atoms with Crippen molar-refractivity contribution in [2.75, 3.05) is 20.8 Å². The highest BCUT2D eigenvalue weighted by molar-refractivity contribution is 6.32. The predicted molar refractivity (Wildman–Crippen MR) is 86.7 cm³/mol. The summed E-state index contributed by atoms with van der Waals surface area (Å²) in [4.78, 5) is 4.55. The second-order valence-corrected chi connectivity index (χ2v) is 5.23. The highest BCUT2D eigenvalue weighted by Gasteiger charge is 2.16. The quantitative estimate of drug-likeness (QED) is 0.710. The molecule has 3 N–H and O–H groups in total. The first-order valence-electron chi connectivity index (χ1n) is 7.18. The molecule has 0 atom stereocenters. The van der Waals surface area contributed by atoms with E-state index in [0.29, 0.717) is 23.1 Å². The summed E-state index contributed by atoms with van der Waals surface area (Å²) in [6.07, 6.45) is 2.20. The molecular weight excluding hydrogens is 306 g/mol. The van der Waals surface area contributed by atoms with Crippen molar-refractivity contribution in [2.45, 2.75) is 26.3 Å². The second-order valence-electron chi connectivity index (χ2n) is 4.82. The average Bonchev–Trinajstić information content (AvgIpc) is 2.97. The first-order valence-corrected chi connectivity index (χ1v) is 7.56. The maximum Gasteiger partial charge on any atom is 0.225 e. The first-order chi connectivity index (χ1) is 10.7. The molecule has 1 saturated heterocycles. The van der Waals surface area contributed by atoms with Crippen LogP contribution >= 0.6 is 11.6 Å². The van der Waals surface area contributed by atoms with Crippen LogP contribution in [0, 0.1) is 0 Å². The number of ether oxygens (including phenoxy) is 2. The minimum atomic E-state index is 0.481. The lowest BCUT2D eigenvalue weighted by molar-refractivity contribution is 0.296. The Bertz CT molecular complexity index is 538. The number of unbranched alkanes of at least 4 members (excludes halogenated alkanes) is 1. The molecular formula is C14H22ClN5O2. The molecule has 1 aliphatic heterocycles. The molecule has 122 valence electrons. The monoisotopic (exact) mass is 327 g/mol. The summed E-state index contributed by atoms with van der Waals surface area (Å²) in [5.74, 6) is 1.88. The van der Waals surface area contributed by atoms with E-state index in [9.17, 15) is 0 Å². The van der Waals surface area contributed by atoms with Crippen molar-refractivity contribution < 1.29 is 9.47 Å². The van der Waals surface area contributed by atoms with E-state index in [1.165, 1.54) is 0 Å². The number of halogens is 1. The van der Waals surface area contributed by atoms with Gasteiger partial charge in [-0.3, -0.25) is 10.4 Å². The zero-order valence-electron chi connectivity index (χ0n) is 13.1. The Labute approximate surface area is 135 Å². The number of methoxy groups -OCH3 is 2. The van der Waals surface area contributed by atoms with Crippen LogP contribution in [-0.4, -0.2) is 31.7 Å². The fourth-order valence-electron chi connectivity index (χ4n) is 2.10. The predicted octanol–water partition coefficient (Wildman–Crippen LogP) is 1.84. The van der Waals surface area contributed by atoms with E-state index in [4.69, 9.17) is 21.1 Å². The fourth-order valence-corrected chi connectivity index (χ4v) is 2.41. The fraction of sp³-hybridized carbons (Fsp3) is 0.500. The third kappa shape index (κ3) is 3.94. The van der Waals surface area contributed by atoms with E-state index < -0.39 is 0 Å². The summed E-state index contributed by atoms with van der Waals surface area (Å²) in [5, 5.41) is 2.45. The molecule has 1 fully saturated rings. The Balaban J connectivity index is 2.10. The van der Waals surface area contributed by atoms with E-state index in [-0.39, 0.29) is 0 Å². The molecule has 0 bridgehead atoms. The third-order valence-corrected chi connectivity index (χ3v) is 3.54. The third-order valence-electron chi connectivity index (χ3n) is 3.26. The molecule has 0 spiro atoms. The highest BCUT2D eigenvalue weighted by Crippen LogP contribution is 2.36. The summed E-state index contributed by atoms with van der Waals surface area (Å²) >= 11 is 6.20. The topological polar surface area (TPSA) is 70.2 Å². The molecule has 0 unspecified atom stereocenters. The molecule has 0 amide bonds. The molecule has 1 aromatic carbocycles. The van der Waals surface area contributed by atoms with Crippen molar-refractivity contribution in [3.05, 3.63) is 22.7 Å². The van der Waals surface area contributed by atoms with Gasteiger partial charge in [0.15, 0.2) is 11.5 Å². The smallest absolute Gasteiger partial charge is 0.225 e. The van der Waals surface area contributed by atoms with Crippen LogP contribution in [0.3, 0.4) is 0 Å². The van der Waals surface area contributed by atoms with Gasteiger partial charge in [0, 0.05) is 6.54 Å². The lowest BCUT2D eigenvalue weighted by Gasteiger charge is -2.15. The standard InChI is InChI=1S/C14H22ClN5O2/c1-4-5-6-20-14(17-18-19-20)16-9-10-7-11(15)13(22-3)12(8-10)21-2/h7-8,18-19H,4-6,9H2,1-3H3,(H,16,17). The second kappa shape index (κ2) is 8.07. The van der Waals surface area contributed by atoms with Crippen LogP contribution in [0.25, 0.3) is 0 Å². The number of nitrogens with zero attached hydrogens (tertiary/aromatic N) is 2. The Morgan fingerprint density at radius 1 is 1.27 bits per heavy atom. The Morgan fingerprint density at radius 3 is 2.77 bits per heavy atom. The summed E-state index contributed by atoms with van der Waals surface area (Å²) < 4.78 is 10.5. The minimum absolute atomic E-state index is 0.481. The first kappa shape index (κ1) is 16.7. The van der Waals surface area contributed by atoms with Crippen LogP contribution in [0.15, 0.2) is 17.1 Å². The van der Waals surface area contributed by atoms with Crippen LogP contribution in [0.4, 0.5) is 0 Å². The number of aliphatic imine (C=N–C) groups is 1. The zero-order chi connectivity index (χ0) is 15.9. The van der Waals surface area contributed by atoms with Crippen molar-refractivity contribution in [1.82, 2.24) is 21.5 Å². The van der Waals surface area contributed by atoms with Crippen molar-refractivity contribution in [3.8, 4) is 11.5 Å². The van der Waals surface area contributed by atoms with Gasteiger partial charge in [0.1, 0.15) is 0 Å². The van der Waals surface area contributed by atoms with E-state index in [0.717, 1.165) is 30.9 Å². The van der Waals surface area contributed by atoms with Gasteiger partial charge in [-0.1, -0.05) is 24.9 Å². The molecule has 2 rings (SSSR count). The molecule has 8 heteroatoms. The SMILES string of the molecule is CCCCN1NNNC1=NCc1cc(Cl)c(OC)c(OC)c1. The summed E-state index contributed by atoms with van der Waals surface area (Å²) in [5.41, 5.74) is 9.77. The maximum absolute atomic E-state index is 6.20. The molecule has 0 aromatic heterocycles. The number of hydrazine groups is 3. The number of guanidine groups is 1. The van der Waals surface area contributed by atoms with E-state index in [1.54, 1.807) is 14.2 Å². The molecule has 7 nitrogen and oxygen atoms in total. The number of nitrogens with one attached hydrogen (secondary N) is 3. The van der Waals surface area contributed by atoms with Gasteiger partial charge in [0.05, 0.1) is 25.8 Å². The Morgan fingerprint density at radius 2 is 2.09 bits per heavy atom. The summed E-state index contributed by atoms with van der Waals surface area (Å²) in [6.45, 7) is 3.51. The van der Waals surface area contributed by atoms with Crippen molar-refractivity contribution in [2.24, 2.45) is 4.99 Å². The molecule has 22 heavy (non-hydrogen) atoms. The minimum Gasteiger partial charge on any atom is -0.493 e. The van der Waals surface area contributed by atoms with Crippen LogP contribution in [0.2, 0.25) is 5.02 Å². The lowest BCUT2D eigenvalue weighted by Crippen LogP contribution is -2.38. The van der Waals surface area contributed by atoms with Crippen molar-refractivity contribution in [3.63, 3.8) is 0 Å². The van der Waals surface area contributed by atoms with Gasteiger partial charge in [-0.25, -0.2) is 4.99 Å². The van der Waals surface area contributed by atoms with Gasteiger partial charge in [-0.2, -0.15) is 5.53 Å². The normalized spacial score (nSPS) is 16.0. The number of hydrogen-bond donors (Lipinski definition) is 3. The Kier molecular flexibility index (Phi) is 6.11. The van der Waals surface area contributed by atoms with Crippen LogP contribution in [-0.2, 0) is 6.54 Å². The van der Waals surface area contributed by atoms with E-state index in [2.05, 4.69) is 28.4 Å². The number of rotatable bonds is 7. The van der Waals surface area contributed by atoms with Crippen molar-refractivity contribution >= 4 is 17.6 Å². The lowest BCUT2D eigenvalue weighted by atomic mass is 10.2. The molecule has 1 heterocycles.